The molecule has 0 aromatic carbocycles. The molecule has 2 aliphatic rings. The molecule has 76 valence electrons. The summed E-state index contributed by atoms with van der Waals surface area (Å²) in [4.78, 5) is 0. The Balaban J connectivity index is 2.06. The Bertz CT molecular complexity index is 200. The molecule has 0 bridgehead atoms. The van der Waals surface area contributed by atoms with Crippen LogP contribution in [0.3, 0.4) is 0 Å². The quantitative estimate of drug-likeness (QED) is 0.528. The van der Waals surface area contributed by atoms with Crippen LogP contribution in [0.1, 0.15) is 20.8 Å². The topological polar surface area (TPSA) is 0 Å². The molecule has 4 atom stereocenters. The van der Waals surface area contributed by atoms with Gasteiger partial charge < -0.3 is 0 Å². The van der Waals surface area contributed by atoms with E-state index in [2.05, 4.69) is 44.3 Å². The van der Waals surface area contributed by atoms with E-state index < -0.39 is 0 Å². The predicted molar refractivity (Wildman–Crippen MR) is 67.4 cm³/mol. The van der Waals surface area contributed by atoms with Gasteiger partial charge in [-0.2, -0.15) is 0 Å². The van der Waals surface area contributed by atoms with Gasteiger partial charge in [-0.05, 0) is 0 Å². The summed E-state index contributed by atoms with van der Waals surface area (Å²) in [6.45, 7) is 7.40. The van der Waals surface area contributed by atoms with Gasteiger partial charge in [0.15, 0.2) is 0 Å². The summed E-state index contributed by atoms with van der Waals surface area (Å²) in [6.07, 6.45) is 0. The Morgan fingerprint density at radius 1 is 1.08 bits per heavy atom. The van der Waals surface area contributed by atoms with Crippen molar-refractivity contribution in [2.75, 3.05) is 0 Å². The van der Waals surface area contributed by atoms with E-state index in [1.165, 1.54) is 0 Å². The Hall–Kier alpha value is 2.28. The third-order valence-corrected chi connectivity index (χ3v) is 23.2. The zero-order chi connectivity index (χ0) is 9.47. The van der Waals surface area contributed by atoms with E-state index in [0.29, 0.717) is 41.8 Å². The van der Waals surface area contributed by atoms with Crippen LogP contribution in [0.5, 0.6) is 0 Å². The van der Waals surface area contributed by atoms with Crippen molar-refractivity contribution < 1.29 is 0 Å². The Morgan fingerprint density at radius 2 is 1.69 bits per heavy atom. The molecule has 2 saturated heterocycles. The van der Waals surface area contributed by atoms with Gasteiger partial charge in [0.2, 0.25) is 0 Å². The minimum atomic E-state index is 0.333. The van der Waals surface area contributed by atoms with Crippen LogP contribution < -0.4 is 0 Å². The second-order valence-corrected chi connectivity index (χ2v) is 18.6. The van der Waals surface area contributed by atoms with Crippen molar-refractivity contribution in [1.29, 1.82) is 0 Å². The first-order chi connectivity index (χ1) is 6.12. The van der Waals surface area contributed by atoms with Crippen LogP contribution >= 0.6 is 23.5 Å². The predicted octanol–water partition coefficient (Wildman–Crippen LogP) is 2.54. The molecule has 0 saturated carbocycles. The van der Waals surface area contributed by atoms with Crippen LogP contribution in [0.4, 0.5) is 0 Å². The summed E-state index contributed by atoms with van der Waals surface area (Å²) < 4.78 is 4.14. The third kappa shape index (κ3) is 2.51. The zero-order valence-electron chi connectivity index (χ0n) is 8.28. The van der Waals surface area contributed by atoms with Crippen molar-refractivity contribution in [3.63, 3.8) is 0 Å². The third-order valence-electron chi connectivity index (χ3n) is 2.34. The van der Waals surface area contributed by atoms with Gasteiger partial charge in [-0.3, -0.25) is 0 Å². The maximum atomic E-state index is 2.51. The molecule has 0 N–H and O–H groups in total. The summed E-state index contributed by atoms with van der Waals surface area (Å²) in [7, 11) is 0. The maximum absolute atomic E-state index is 2.51. The van der Waals surface area contributed by atoms with Gasteiger partial charge in [-0.1, -0.05) is 0 Å². The summed E-state index contributed by atoms with van der Waals surface area (Å²) in [6, 6.07) is 0. The second kappa shape index (κ2) is 4.65. The normalized spacial score (nSPS) is 51.5. The molecule has 4 heteroatoms. The SMILES string of the molecule is CC1C[Te]C2(SC(C)C[Te]2)C(C)S1. The zero-order valence-corrected chi connectivity index (χ0v) is 14.6. The van der Waals surface area contributed by atoms with Crippen LogP contribution in [-0.2, 0) is 0 Å². The average molecular weight is 444 g/mol. The van der Waals surface area contributed by atoms with Gasteiger partial charge in [0.05, 0.1) is 0 Å². The fourth-order valence-corrected chi connectivity index (χ4v) is 21.3. The Morgan fingerprint density at radius 3 is 2.15 bits per heavy atom. The molecule has 2 rings (SSSR count). The van der Waals surface area contributed by atoms with Crippen molar-refractivity contribution in [1.82, 2.24) is 0 Å². The minimum absolute atomic E-state index is 0.333. The van der Waals surface area contributed by atoms with Gasteiger partial charge >= 0.3 is 112 Å². The molecule has 0 nitrogen and oxygen atoms in total. The first-order valence-corrected chi connectivity index (χ1v) is 12.2. The molecule has 0 aromatic heterocycles. The second-order valence-electron chi connectivity index (χ2n) is 3.74. The number of hydrogen-bond acceptors (Lipinski definition) is 2. The molecule has 2 fully saturated rings. The molecule has 1 spiro atoms. The summed E-state index contributed by atoms with van der Waals surface area (Å²) in [5.41, 5.74) is 0. The molecule has 13 heavy (non-hydrogen) atoms. The van der Waals surface area contributed by atoms with Gasteiger partial charge in [0.1, 0.15) is 0 Å². The van der Waals surface area contributed by atoms with Crippen LogP contribution in [0.15, 0.2) is 0 Å². The fourth-order valence-electron chi connectivity index (χ4n) is 1.69. The molecule has 0 radical (unpaired) electrons. The van der Waals surface area contributed by atoms with E-state index in [9.17, 15) is 0 Å². The summed E-state index contributed by atoms with van der Waals surface area (Å²) in [5.74, 6) is 0. The Labute approximate surface area is 110 Å². The molecular weight excluding hydrogens is 427 g/mol. The average Bonchev–Trinajstić information content (AvgIpc) is 2.43. The number of thioether (sulfide) groups is 2. The van der Waals surface area contributed by atoms with Gasteiger partial charge in [0.25, 0.3) is 0 Å². The van der Waals surface area contributed by atoms with E-state index in [0.717, 1.165) is 16.6 Å². The molecule has 2 aliphatic heterocycles. The monoisotopic (exact) mass is 448 g/mol. The van der Waals surface area contributed by atoms with Gasteiger partial charge in [-0.25, -0.2) is 0 Å². The first kappa shape index (κ1) is 11.8. The van der Waals surface area contributed by atoms with Crippen LogP contribution in [-0.4, -0.2) is 58.4 Å². The van der Waals surface area contributed by atoms with Crippen molar-refractivity contribution in [2.24, 2.45) is 0 Å². The number of hydrogen-bond donors (Lipinski definition) is 0. The Kier molecular flexibility index (Phi) is 4.20. The van der Waals surface area contributed by atoms with E-state index in [1.54, 1.807) is 8.94 Å². The van der Waals surface area contributed by atoms with Crippen molar-refractivity contribution in [3.05, 3.63) is 0 Å². The van der Waals surface area contributed by atoms with E-state index in [-0.39, 0.29) is 0 Å². The van der Waals surface area contributed by atoms with Crippen LogP contribution in [0.25, 0.3) is 0 Å². The van der Waals surface area contributed by atoms with Crippen molar-refractivity contribution >= 4 is 65.4 Å². The molecule has 2 heterocycles. The molecular formula is C9H16S2Te2. The van der Waals surface area contributed by atoms with Gasteiger partial charge in [0, 0.05) is 0 Å². The van der Waals surface area contributed by atoms with E-state index in [1.807, 2.05) is 0 Å². The van der Waals surface area contributed by atoms with Crippen molar-refractivity contribution in [3.8, 4) is 0 Å². The molecule has 0 aliphatic carbocycles. The molecule has 0 aromatic rings. The van der Waals surface area contributed by atoms with E-state index >= 15 is 0 Å². The van der Waals surface area contributed by atoms with E-state index in [4.69, 9.17) is 0 Å². The fraction of sp³-hybridized carbons (Fsp3) is 1.00. The molecule has 0 amide bonds. The number of rotatable bonds is 0. The summed E-state index contributed by atoms with van der Waals surface area (Å²) in [5, 5.41) is 2.98. The van der Waals surface area contributed by atoms with Crippen LogP contribution in [0, 0.1) is 0 Å². The van der Waals surface area contributed by atoms with Gasteiger partial charge in [-0.15, -0.1) is 0 Å². The van der Waals surface area contributed by atoms with Crippen molar-refractivity contribution in [2.45, 2.75) is 46.3 Å². The summed E-state index contributed by atoms with van der Waals surface area (Å²) >= 11 is 5.36. The first-order valence-electron chi connectivity index (χ1n) is 4.73. The standard InChI is InChI=1S/C9H16S2Te2/c1-6-4-12-9(8(3)10-6)11-7(2)5-13-9/h6-8H,4-5H2,1-3H3. The molecule has 4 unspecified atom stereocenters. The van der Waals surface area contributed by atoms with Crippen LogP contribution in [0.2, 0.25) is 8.94 Å².